The molecule has 1 aliphatic rings. The summed E-state index contributed by atoms with van der Waals surface area (Å²) in [4.78, 5) is 27.1. The van der Waals surface area contributed by atoms with Crippen LogP contribution in [0, 0.1) is 0 Å². The first-order valence-corrected chi connectivity index (χ1v) is 9.97. The maximum atomic E-state index is 12.4. The SMILES string of the molecule is CCOC(=O)N1CCN(C(=O)[C@H](C)NS(=O)(=O)c2cccs2)CC1. The zero-order chi connectivity index (χ0) is 17.7. The fraction of sp³-hybridized carbons (Fsp3) is 0.571. The number of nitrogens with one attached hydrogen (secondary N) is 1. The second-order valence-electron chi connectivity index (χ2n) is 5.29. The summed E-state index contributed by atoms with van der Waals surface area (Å²) in [7, 11) is -3.69. The smallest absolute Gasteiger partial charge is 0.409 e. The molecule has 1 atom stereocenters. The Kier molecular flexibility index (Phi) is 6.19. The highest BCUT2D eigenvalue weighted by atomic mass is 32.2. The zero-order valence-electron chi connectivity index (χ0n) is 13.6. The molecule has 0 aromatic carbocycles. The van der Waals surface area contributed by atoms with E-state index < -0.39 is 22.2 Å². The van der Waals surface area contributed by atoms with Crippen LogP contribution in [-0.4, -0.2) is 69.0 Å². The van der Waals surface area contributed by atoms with Crippen LogP contribution in [0.1, 0.15) is 13.8 Å². The van der Waals surface area contributed by atoms with Crippen LogP contribution in [0.2, 0.25) is 0 Å². The van der Waals surface area contributed by atoms with Gasteiger partial charge in [0.25, 0.3) is 10.0 Å². The van der Waals surface area contributed by atoms with Crippen molar-refractivity contribution in [1.29, 1.82) is 0 Å². The van der Waals surface area contributed by atoms with Gasteiger partial charge in [0.2, 0.25) is 5.91 Å². The fourth-order valence-electron chi connectivity index (χ4n) is 2.36. The van der Waals surface area contributed by atoms with Gasteiger partial charge in [-0.3, -0.25) is 4.79 Å². The summed E-state index contributed by atoms with van der Waals surface area (Å²) in [6.45, 7) is 5.00. The van der Waals surface area contributed by atoms with Crippen molar-refractivity contribution >= 4 is 33.4 Å². The molecular weight excluding hydrogens is 354 g/mol. The number of carbonyl (C=O) groups excluding carboxylic acids is 2. The zero-order valence-corrected chi connectivity index (χ0v) is 15.2. The first-order valence-electron chi connectivity index (χ1n) is 7.61. The summed E-state index contributed by atoms with van der Waals surface area (Å²) < 4.78 is 31.8. The first-order chi connectivity index (χ1) is 11.3. The number of sulfonamides is 1. The Bertz CT molecular complexity index is 667. The molecule has 2 amide bonds. The number of rotatable bonds is 5. The van der Waals surface area contributed by atoms with Crippen LogP contribution >= 0.6 is 11.3 Å². The fourth-order valence-corrected chi connectivity index (χ4v) is 4.56. The van der Waals surface area contributed by atoms with Gasteiger partial charge < -0.3 is 14.5 Å². The predicted molar refractivity (Wildman–Crippen MR) is 89.3 cm³/mol. The molecule has 1 fully saturated rings. The number of carbonyl (C=O) groups is 2. The molecule has 10 heteroatoms. The number of piperazine rings is 1. The van der Waals surface area contributed by atoms with Crippen molar-refractivity contribution in [2.24, 2.45) is 0 Å². The first kappa shape index (κ1) is 18.7. The van der Waals surface area contributed by atoms with Crippen LogP contribution in [-0.2, 0) is 19.6 Å². The lowest BCUT2D eigenvalue weighted by molar-refractivity contribution is -0.134. The monoisotopic (exact) mass is 375 g/mol. The van der Waals surface area contributed by atoms with Crippen molar-refractivity contribution in [3.8, 4) is 0 Å². The summed E-state index contributed by atoms with van der Waals surface area (Å²) in [6, 6.07) is 2.26. The Morgan fingerprint density at radius 2 is 1.92 bits per heavy atom. The van der Waals surface area contributed by atoms with E-state index in [-0.39, 0.29) is 10.1 Å². The van der Waals surface area contributed by atoms with Crippen molar-refractivity contribution in [1.82, 2.24) is 14.5 Å². The minimum absolute atomic E-state index is 0.175. The molecule has 2 rings (SSSR count). The summed E-state index contributed by atoms with van der Waals surface area (Å²) >= 11 is 1.09. The Hall–Kier alpha value is -1.65. The number of hydrogen-bond donors (Lipinski definition) is 1. The molecule has 1 aliphatic heterocycles. The van der Waals surface area contributed by atoms with Gasteiger partial charge in [0.1, 0.15) is 4.21 Å². The van der Waals surface area contributed by atoms with Crippen LogP contribution in [0.5, 0.6) is 0 Å². The lowest BCUT2D eigenvalue weighted by atomic mass is 10.2. The Labute approximate surface area is 145 Å². The second kappa shape index (κ2) is 7.95. The molecule has 0 spiro atoms. The topological polar surface area (TPSA) is 96.0 Å². The molecule has 134 valence electrons. The van der Waals surface area contributed by atoms with E-state index in [1.54, 1.807) is 23.3 Å². The van der Waals surface area contributed by atoms with Gasteiger partial charge in [0, 0.05) is 26.2 Å². The lowest BCUT2D eigenvalue weighted by Crippen LogP contribution is -2.55. The summed E-state index contributed by atoms with van der Waals surface area (Å²) in [5, 5.41) is 1.66. The number of nitrogens with zero attached hydrogens (tertiary/aromatic N) is 2. The van der Waals surface area contributed by atoms with Crippen LogP contribution in [0.4, 0.5) is 4.79 Å². The highest BCUT2D eigenvalue weighted by Gasteiger charge is 2.30. The van der Waals surface area contributed by atoms with Crippen LogP contribution < -0.4 is 4.72 Å². The molecule has 24 heavy (non-hydrogen) atoms. The lowest BCUT2D eigenvalue weighted by Gasteiger charge is -2.35. The standard InChI is InChI=1S/C14H21N3O5S2/c1-3-22-14(19)17-8-6-16(7-9-17)13(18)11(2)15-24(20,21)12-5-4-10-23-12/h4-5,10-11,15H,3,6-9H2,1-2H3/t11-/m0/s1. The predicted octanol–water partition coefficient (Wildman–Crippen LogP) is 0.716. The van der Waals surface area contributed by atoms with E-state index in [1.165, 1.54) is 17.9 Å². The highest BCUT2D eigenvalue weighted by Crippen LogP contribution is 2.16. The van der Waals surface area contributed by atoms with E-state index in [4.69, 9.17) is 4.74 Å². The highest BCUT2D eigenvalue weighted by molar-refractivity contribution is 7.91. The second-order valence-corrected chi connectivity index (χ2v) is 8.17. The summed E-state index contributed by atoms with van der Waals surface area (Å²) in [6.07, 6.45) is -0.393. The van der Waals surface area contributed by atoms with E-state index in [9.17, 15) is 18.0 Å². The van der Waals surface area contributed by atoms with E-state index >= 15 is 0 Å². The maximum absolute atomic E-state index is 12.4. The molecule has 1 N–H and O–H groups in total. The van der Waals surface area contributed by atoms with Gasteiger partial charge in [-0.15, -0.1) is 11.3 Å². The largest absolute Gasteiger partial charge is 0.450 e. The minimum atomic E-state index is -3.69. The third-order valence-electron chi connectivity index (χ3n) is 3.58. The van der Waals surface area contributed by atoms with Gasteiger partial charge in [-0.2, -0.15) is 4.72 Å². The average molecular weight is 375 g/mol. The molecule has 0 saturated carbocycles. The number of ether oxygens (including phenoxy) is 1. The van der Waals surface area contributed by atoms with Gasteiger partial charge in [-0.1, -0.05) is 6.07 Å². The minimum Gasteiger partial charge on any atom is -0.450 e. The van der Waals surface area contributed by atoms with E-state index in [0.29, 0.717) is 32.8 Å². The van der Waals surface area contributed by atoms with E-state index in [2.05, 4.69) is 4.72 Å². The third kappa shape index (κ3) is 4.46. The third-order valence-corrected chi connectivity index (χ3v) is 6.52. The molecule has 1 aromatic heterocycles. The molecular formula is C14H21N3O5S2. The van der Waals surface area contributed by atoms with Crippen molar-refractivity contribution in [2.45, 2.75) is 24.1 Å². The average Bonchev–Trinajstić information content (AvgIpc) is 3.09. The van der Waals surface area contributed by atoms with Gasteiger partial charge in [-0.25, -0.2) is 13.2 Å². The Morgan fingerprint density at radius 3 is 2.46 bits per heavy atom. The number of amides is 2. The van der Waals surface area contributed by atoms with Crippen LogP contribution in [0.25, 0.3) is 0 Å². The van der Waals surface area contributed by atoms with Gasteiger partial charge >= 0.3 is 6.09 Å². The summed E-state index contributed by atoms with van der Waals surface area (Å²) in [5.74, 6) is -0.307. The van der Waals surface area contributed by atoms with Crippen molar-refractivity contribution in [3.63, 3.8) is 0 Å². The van der Waals surface area contributed by atoms with Crippen molar-refractivity contribution in [3.05, 3.63) is 17.5 Å². The van der Waals surface area contributed by atoms with Crippen molar-refractivity contribution < 1.29 is 22.7 Å². The van der Waals surface area contributed by atoms with Gasteiger partial charge in [-0.05, 0) is 25.3 Å². The van der Waals surface area contributed by atoms with Crippen molar-refractivity contribution in [2.75, 3.05) is 32.8 Å². The number of thiophene rings is 1. The quantitative estimate of drug-likeness (QED) is 0.818. The van der Waals surface area contributed by atoms with E-state index in [0.717, 1.165) is 11.3 Å². The van der Waals surface area contributed by atoms with Crippen LogP contribution in [0.15, 0.2) is 21.7 Å². The molecule has 1 saturated heterocycles. The Balaban J connectivity index is 1.90. The normalized spacial score (nSPS) is 16.8. The van der Waals surface area contributed by atoms with Gasteiger partial charge in [0.05, 0.1) is 12.6 Å². The molecule has 1 aromatic rings. The van der Waals surface area contributed by atoms with Crippen LogP contribution in [0.3, 0.4) is 0 Å². The Morgan fingerprint density at radius 1 is 1.29 bits per heavy atom. The maximum Gasteiger partial charge on any atom is 0.409 e. The number of hydrogen-bond acceptors (Lipinski definition) is 6. The molecule has 8 nitrogen and oxygen atoms in total. The molecule has 0 aliphatic carbocycles. The van der Waals surface area contributed by atoms with Gasteiger partial charge in [0.15, 0.2) is 0 Å². The van der Waals surface area contributed by atoms with E-state index in [1.807, 2.05) is 0 Å². The summed E-state index contributed by atoms with van der Waals surface area (Å²) in [5.41, 5.74) is 0. The molecule has 0 bridgehead atoms. The molecule has 2 heterocycles. The molecule has 0 radical (unpaired) electrons. The molecule has 0 unspecified atom stereocenters.